The number of unbranched alkanes of at least 4 members (excludes halogenated alkanes) is 10. The van der Waals surface area contributed by atoms with Crippen LogP contribution in [0.3, 0.4) is 0 Å². The Hall–Kier alpha value is -0.0900. The minimum atomic E-state index is 0.896. The summed E-state index contributed by atoms with van der Waals surface area (Å²) < 4.78 is 0. The zero-order chi connectivity index (χ0) is 14.0. The van der Waals surface area contributed by atoms with Gasteiger partial charge in [-0.2, -0.15) is 0 Å². The van der Waals surface area contributed by atoms with E-state index in [0.29, 0.717) is 0 Å². The molecule has 112 valence electrons. The van der Waals surface area contributed by atoms with Crippen LogP contribution in [0.5, 0.6) is 0 Å². The highest BCUT2D eigenvalue weighted by Crippen LogP contribution is 2.16. The van der Waals surface area contributed by atoms with Crippen LogP contribution >= 0.6 is 8.58 Å². The average molecular weight is 282 g/mol. The van der Waals surface area contributed by atoms with Crippen molar-refractivity contribution in [3.05, 3.63) is 23.8 Å². The maximum Gasteiger partial charge on any atom is -0.0347 e. The Bertz CT molecular complexity index is 184. The minimum Gasteiger partial charge on any atom is -0.0840 e. The average Bonchev–Trinajstić information content (AvgIpc) is 2.43. The fourth-order valence-corrected chi connectivity index (χ4v) is 2.81. The summed E-state index contributed by atoms with van der Waals surface area (Å²) in [6.45, 7) is 4.55. The van der Waals surface area contributed by atoms with Crippen LogP contribution in [0.25, 0.3) is 0 Å². The summed E-state index contributed by atoms with van der Waals surface area (Å²) in [5.41, 5.74) is 0. The van der Waals surface area contributed by atoms with Crippen molar-refractivity contribution in [3.8, 4) is 0 Å². The van der Waals surface area contributed by atoms with Crippen molar-refractivity contribution >= 4 is 8.58 Å². The molecular formula is C18H35P. The van der Waals surface area contributed by atoms with Gasteiger partial charge in [0.05, 0.1) is 0 Å². The highest BCUT2D eigenvalue weighted by molar-refractivity contribution is 7.45. The van der Waals surface area contributed by atoms with E-state index in [4.69, 9.17) is 0 Å². The second-order valence-corrected chi connectivity index (χ2v) is 6.38. The van der Waals surface area contributed by atoms with Crippen molar-refractivity contribution in [2.24, 2.45) is 0 Å². The molecule has 0 aliphatic rings. The first kappa shape index (κ1) is 18.9. The zero-order valence-electron chi connectivity index (χ0n) is 13.3. The molecule has 0 aliphatic carbocycles. The molecule has 0 heterocycles. The largest absolute Gasteiger partial charge is 0.0840 e. The molecule has 19 heavy (non-hydrogen) atoms. The second kappa shape index (κ2) is 17.9. The molecule has 0 saturated carbocycles. The molecule has 0 saturated heterocycles. The van der Waals surface area contributed by atoms with Gasteiger partial charge in [-0.1, -0.05) is 97.6 Å². The SMILES string of the molecule is CCCCCCCC=CPC=CCCCCCCC. The first-order chi connectivity index (χ1) is 9.41. The lowest BCUT2D eigenvalue weighted by molar-refractivity contribution is 0.637. The molecule has 0 aliphatic heterocycles. The van der Waals surface area contributed by atoms with Gasteiger partial charge in [-0.05, 0) is 25.7 Å². The highest BCUT2D eigenvalue weighted by Gasteiger charge is 1.87. The first-order valence-corrected chi connectivity index (χ1v) is 9.63. The van der Waals surface area contributed by atoms with Crippen molar-refractivity contribution < 1.29 is 0 Å². The van der Waals surface area contributed by atoms with Gasteiger partial charge in [0.2, 0.25) is 0 Å². The maximum atomic E-state index is 2.37. The van der Waals surface area contributed by atoms with Crippen LogP contribution in [0.15, 0.2) is 23.8 Å². The smallest absolute Gasteiger partial charge is 0.0347 e. The van der Waals surface area contributed by atoms with Crippen molar-refractivity contribution in [1.29, 1.82) is 0 Å². The van der Waals surface area contributed by atoms with E-state index in [0.717, 1.165) is 8.58 Å². The third-order valence-electron chi connectivity index (χ3n) is 3.38. The predicted octanol–water partition coefficient (Wildman–Crippen LogP) is 7.41. The Labute approximate surface area is 123 Å². The van der Waals surface area contributed by atoms with Gasteiger partial charge >= 0.3 is 0 Å². The van der Waals surface area contributed by atoms with Gasteiger partial charge in [0.25, 0.3) is 0 Å². The molecule has 0 N–H and O–H groups in total. The van der Waals surface area contributed by atoms with Crippen molar-refractivity contribution in [1.82, 2.24) is 0 Å². The number of hydrogen-bond acceptors (Lipinski definition) is 0. The van der Waals surface area contributed by atoms with Crippen molar-refractivity contribution in [2.75, 3.05) is 0 Å². The molecular weight excluding hydrogens is 247 g/mol. The summed E-state index contributed by atoms with van der Waals surface area (Å²) in [7, 11) is 0.896. The molecule has 0 rings (SSSR count). The monoisotopic (exact) mass is 282 g/mol. The van der Waals surface area contributed by atoms with Gasteiger partial charge < -0.3 is 0 Å². The number of rotatable bonds is 14. The third-order valence-corrected chi connectivity index (χ3v) is 4.23. The normalized spacial score (nSPS) is 12.5. The Morgan fingerprint density at radius 3 is 1.42 bits per heavy atom. The molecule has 0 radical (unpaired) electrons. The van der Waals surface area contributed by atoms with Crippen LogP contribution in [0, 0.1) is 0 Å². The molecule has 0 aromatic carbocycles. The van der Waals surface area contributed by atoms with E-state index >= 15 is 0 Å². The van der Waals surface area contributed by atoms with E-state index < -0.39 is 0 Å². The molecule has 0 aromatic rings. The van der Waals surface area contributed by atoms with E-state index in [1.807, 2.05) is 0 Å². The molecule has 0 atom stereocenters. The molecule has 0 spiro atoms. The Kier molecular flexibility index (Phi) is 17.8. The van der Waals surface area contributed by atoms with Crippen LogP contribution in [0.1, 0.15) is 90.9 Å². The fourth-order valence-electron chi connectivity index (χ4n) is 2.09. The van der Waals surface area contributed by atoms with Gasteiger partial charge in [0.15, 0.2) is 0 Å². The first-order valence-electron chi connectivity index (χ1n) is 8.47. The minimum absolute atomic E-state index is 0.896. The predicted molar refractivity (Wildman–Crippen MR) is 93.3 cm³/mol. The van der Waals surface area contributed by atoms with Crippen LogP contribution in [0.2, 0.25) is 0 Å². The van der Waals surface area contributed by atoms with Crippen LogP contribution in [0.4, 0.5) is 0 Å². The molecule has 0 fully saturated rings. The van der Waals surface area contributed by atoms with E-state index in [2.05, 4.69) is 37.6 Å². The zero-order valence-corrected chi connectivity index (χ0v) is 14.3. The molecule has 0 amide bonds. The lowest BCUT2D eigenvalue weighted by atomic mass is 10.1. The van der Waals surface area contributed by atoms with Crippen molar-refractivity contribution in [2.45, 2.75) is 90.9 Å². The fraction of sp³-hybridized carbons (Fsp3) is 0.778. The summed E-state index contributed by atoms with van der Waals surface area (Å²) in [5, 5.41) is 0. The van der Waals surface area contributed by atoms with Crippen LogP contribution in [-0.4, -0.2) is 0 Å². The van der Waals surface area contributed by atoms with E-state index in [1.54, 1.807) is 0 Å². The number of allylic oxidation sites excluding steroid dienone is 2. The Morgan fingerprint density at radius 2 is 1.00 bits per heavy atom. The molecule has 0 unspecified atom stereocenters. The molecule has 0 nitrogen and oxygen atoms in total. The highest BCUT2D eigenvalue weighted by atomic mass is 31.1. The summed E-state index contributed by atoms with van der Waals surface area (Å²) in [6, 6.07) is 0. The van der Waals surface area contributed by atoms with E-state index in [1.165, 1.54) is 77.0 Å². The summed E-state index contributed by atoms with van der Waals surface area (Å²) >= 11 is 0. The van der Waals surface area contributed by atoms with E-state index in [9.17, 15) is 0 Å². The molecule has 0 bridgehead atoms. The van der Waals surface area contributed by atoms with Crippen LogP contribution < -0.4 is 0 Å². The van der Waals surface area contributed by atoms with Gasteiger partial charge in [-0.15, -0.1) is 0 Å². The topological polar surface area (TPSA) is 0 Å². The quantitative estimate of drug-likeness (QED) is 0.230. The van der Waals surface area contributed by atoms with Gasteiger partial charge in [0.1, 0.15) is 0 Å². The summed E-state index contributed by atoms with van der Waals surface area (Å²) in [5.74, 6) is 4.71. The lowest BCUT2D eigenvalue weighted by Crippen LogP contribution is -1.75. The second-order valence-electron chi connectivity index (χ2n) is 5.38. The summed E-state index contributed by atoms with van der Waals surface area (Å²) in [6.07, 6.45) is 21.2. The van der Waals surface area contributed by atoms with Crippen molar-refractivity contribution in [3.63, 3.8) is 0 Å². The molecule has 0 aromatic heterocycles. The van der Waals surface area contributed by atoms with Gasteiger partial charge in [0, 0.05) is 0 Å². The third kappa shape index (κ3) is 17.9. The Balaban J connectivity index is 3.14. The maximum absolute atomic E-state index is 2.37. The standard InChI is InChI=1S/C18H35P/c1-3-5-7-9-11-13-15-17-19-18-16-14-12-10-8-6-4-2/h15-19H,3-14H2,1-2H3. The molecule has 1 heteroatoms. The summed E-state index contributed by atoms with van der Waals surface area (Å²) in [4.78, 5) is 0. The van der Waals surface area contributed by atoms with Crippen LogP contribution in [-0.2, 0) is 0 Å². The number of hydrogen-bond donors (Lipinski definition) is 0. The lowest BCUT2D eigenvalue weighted by Gasteiger charge is -1.96. The Morgan fingerprint density at radius 1 is 0.579 bits per heavy atom. The van der Waals surface area contributed by atoms with Gasteiger partial charge in [-0.3, -0.25) is 0 Å². The van der Waals surface area contributed by atoms with Gasteiger partial charge in [-0.25, -0.2) is 0 Å². The van der Waals surface area contributed by atoms with E-state index in [-0.39, 0.29) is 0 Å².